The lowest BCUT2D eigenvalue weighted by Gasteiger charge is -2.19. The third kappa shape index (κ3) is 5.56. The van der Waals surface area contributed by atoms with E-state index in [0.29, 0.717) is 18.5 Å². The van der Waals surface area contributed by atoms with E-state index in [-0.39, 0.29) is 18.4 Å². The van der Waals surface area contributed by atoms with Gasteiger partial charge in [-0.05, 0) is 36.8 Å². The van der Waals surface area contributed by atoms with E-state index in [0.717, 1.165) is 30.6 Å². The fraction of sp³-hybridized carbons (Fsp3) is 0.471. The van der Waals surface area contributed by atoms with Crippen LogP contribution in [-0.4, -0.2) is 42.0 Å². The van der Waals surface area contributed by atoms with Crippen molar-refractivity contribution >= 4 is 29.5 Å². The standard InChI is InChI=1S/C17H23N3O3S/c1-24-12-13-6-8-14(9-7-13)17(23)19-18-15(21)11-20-10-4-2-3-5-16(20)22/h6-9H,2-5,10-12H2,1H3,(H,18,21)(H,19,23). The van der Waals surface area contributed by atoms with Gasteiger partial charge in [0, 0.05) is 24.3 Å². The minimum Gasteiger partial charge on any atom is -0.333 e. The molecule has 1 aliphatic rings. The third-order valence-corrected chi connectivity index (χ3v) is 4.47. The molecule has 130 valence electrons. The van der Waals surface area contributed by atoms with E-state index in [9.17, 15) is 14.4 Å². The number of carbonyl (C=O) groups excluding carboxylic acids is 3. The number of amides is 3. The molecular weight excluding hydrogens is 326 g/mol. The van der Waals surface area contributed by atoms with E-state index in [1.165, 1.54) is 0 Å². The van der Waals surface area contributed by atoms with Gasteiger partial charge >= 0.3 is 0 Å². The van der Waals surface area contributed by atoms with E-state index in [4.69, 9.17) is 0 Å². The van der Waals surface area contributed by atoms with Crippen molar-refractivity contribution in [2.75, 3.05) is 19.3 Å². The number of hydrazine groups is 1. The maximum Gasteiger partial charge on any atom is 0.269 e. The van der Waals surface area contributed by atoms with Crippen LogP contribution in [0.25, 0.3) is 0 Å². The van der Waals surface area contributed by atoms with Gasteiger partial charge in [-0.2, -0.15) is 11.8 Å². The van der Waals surface area contributed by atoms with Crippen molar-refractivity contribution < 1.29 is 14.4 Å². The second kappa shape index (κ2) is 9.32. The molecule has 0 bridgehead atoms. The van der Waals surface area contributed by atoms with Crippen molar-refractivity contribution in [1.29, 1.82) is 0 Å². The molecule has 0 aromatic heterocycles. The molecule has 0 radical (unpaired) electrons. The SMILES string of the molecule is CSCc1ccc(C(=O)NNC(=O)CN2CCCCCC2=O)cc1. The molecule has 0 atom stereocenters. The Balaban J connectivity index is 1.80. The Morgan fingerprint density at radius 2 is 1.88 bits per heavy atom. The number of hydrogen-bond acceptors (Lipinski definition) is 4. The lowest BCUT2D eigenvalue weighted by molar-refractivity contribution is -0.135. The summed E-state index contributed by atoms with van der Waals surface area (Å²) in [6.07, 6.45) is 5.30. The number of thioether (sulfide) groups is 1. The molecule has 1 aliphatic heterocycles. The highest BCUT2D eigenvalue weighted by atomic mass is 32.2. The molecule has 7 heteroatoms. The quantitative estimate of drug-likeness (QED) is 0.794. The number of likely N-dealkylation sites (tertiary alicyclic amines) is 1. The predicted octanol–water partition coefficient (Wildman–Crippen LogP) is 1.71. The summed E-state index contributed by atoms with van der Waals surface area (Å²) < 4.78 is 0. The zero-order valence-corrected chi connectivity index (χ0v) is 14.7. The van der Waals surface area contributed by atoms with Gasteiger partial charge in [-0.15, -0.1) is 0 Å². The fourth-order valence-electron chi connectivity index (χ4n) is 2.54. The highest BCUT2D eigenvalue weighted by Gasteiger charge is 2.19. The molecule has 6 nitrogen and oxygen atoms in total. The first kappa shape index (κ1) is 18.3. The molecule has 1 saturated heterocycles. The summed E-state index contributed by atoms with van der Waals surface area (Å²) in [7, 11) is 0. The molecule has 1 aromatic rings. The molecule has 3 amide bonds. The van der Waals surface area contributed by atoms with Crippen LogP contribution in [0.4, 0.5) is 0 Å². The Hall–Kier alpha value is -2.02. The van der Waals surface area contributed by atoms with Crippen LogP contribution >= 0.6 is 11.8 Å². The molecule has 24 heavy (non-hydrogen) atoms. The first-order valence-electron chi connectivity index (χ1n) is 8.05. The van der Waals surface area contributed by atoms with Gasteiger partial charge < -0.3 is 4.90 Å². The number of hydrogen-bond donors (Lipinski definition) is 2. The monoisotopic (exact) mass is 349 g/mol. The fourth-order valence-corrected chi connectivity index (χ4v) is 3.06. The van der Waals surface area contributed by atoms with Gasteiger partial charge in [0.2, 0.25) is 5.91 Å². The highest BCUT2D eigenvalue weighted by Crippen LogP contribution is 2.11. The maximum absolute atomic E-state index is 12.0. The lowest BCUT2D eigenvalue weighted by Crippen LogP contribution is -2.47. The van der Waals surface area contributed by atoms with E-state index < -0.39 is 5.91 Å². The zero-order valence-electron chi connectivity index (χ0n) is 13.8. The molecule has 1 fully saturated rings. The van der Waals surface area contributed by atoms with Gasteiger partial charge in [-0.25, -0.2) is 0 Å². The van der Waals surface area contributed by atoms with Crippen molar-refractivity contribution in [2.24, 2.45) is 0 Å². The summed E-state index contributed by atoms with van der Waals surface area (Å²) in [5, 5.41) is 0. The van der Waals surface area contributed by atoms with E-state index >= 15 is 0 Å². The summed E-state index contributed by atoms with van der Waals surface area (Å²) in [6, 6.07) is 7.24. The Kier molecular flexibility index (Phi) is 7.11. The van der Waals surface area contributed by atoms with Crippen LogP contribution < -0.4 is 10.9 Å². The van der Waals surface area contributed by atoms with Gasteiger partial charge in [0.1, 0.15) is 6.54 Å². The van der Waals surface area contributed by atoms with Crippen LogP contribution in [0.5, 0.6) is 0 Å². The summed E-state index contributed by atoms with van der Waals surface area (Å²) in [6.45, 7) is 0.572. The van der Waals surface area contributed by atoms with E-state index in [1.54, 1.807) is 28.8 Å². The Morgan fingerprint density at radius 1 is 1.12 bits per heavy atom. The average Bonchev–Trinajstić information content (AvgIpc) is 2.78. The Bertz CT molecular complexity index is 589. The number of nitrogens with zero attached hydrogens (tertiary/aromatic N) is 1. The summed E-state index contributed by atoms with van der Waals surface area (Å²) >= 11 is 1.71. The maximum atomic E-state index is 12.0. The summed E-state index contributed by atoms with van der Waals surface area (Å²) in [5.74, 6) is 0.125. The molecule has 2 rings (SSSR count). The second-order valence-corrected chi connectivity index (χ2v) is 6.62. The third-order valence-electron chi connectivity index (χ3n) is 3.85. The van der Waals surface area contributed by atoms with Crippen LogP contribution in [-0.2, 0) is 15.3 Å². The predicted molar refractivity (Wildman–Crippen MR) is 94.3 cm³/mol. The van der Waals surface area contributed by atoms with E-state index in [1.807, 2.05) is 18.4 Å². The van der Waals surface area contributed by atoms with Crippen molar-refractivity contribution in [1.82, 2.24) is 15.8 Å². The van der Waals surface area contributed by atoms with Crippen molar-refractivity contribution in [2.45, 2.75) is 31.4 Å². The number of nitrogens with one attached hydrogen (secondary N) is 2. The molecule has 0 aliphatic carbocycles. The number of carbonyl (C=O) groups is 3. The normalized spacial score (nSPS) is 14.9. The van der Waals surface area contributed by atoms with Gasteiger partial charge in [-0.1, -0.05) is 18.6 Å². The molecule has 0 spiro atoms. The van der Waals surface area contributed by atoms with Gasteiger partial charge in [-0.3, -0.25) is 25.2 Å². The molecule has 2 N–H and O–H groups in total. The lowest BCUT2D eigenvalue weighted by atomic mass is 10.1. The first-order chi connectivity index (χ1) is 11.6. The average molecular weight is 349 g/mol. The summed E-state index contributed by atoms with van der Waals surface area (Å²) in [5.41, 5.74) is 6.38. The van der Waals surface area contributed by atoms with Crippen LogP contribution in [0, 0.1) is 0 Å². The van der Waals surface area contributed by atoms with Crippen molar-refractivity contribution in [3.63, 3.8) is 0 Å². The van der Waals surface area contributed by atoms with Gasteiger partial charge in [0.15, 0.2) is 0 Å². The first-order valence-corrected chi connectivity index (χ1v) is 9.44. The Labute approximate surface area is 146 Å². The highest BCUT2D eigenvalue weighted by molar-refractivity contribution is 7.97. The molecule has 0 unspecified atom stereocenters. The van der Waals surface area contributed by atoms with Crippen LogP contribution in [0.15, 0.2) is 24.3 Å². The van der Waals surface area contributed by atoms with Gasteiger partial charge in [0.25, 0.3) is 11.8 Å². The van der Waals surface area contributed by atoms with Crippen LogP contribution in [0.2, 0.25) is 0 Å². The van der Waals surface area contributed by atoms with E-state index in [2.05, 4.69) is 10.9 Å². The molecule has 0 saturated carbocycles. The largest absolute Gasteiger partial charge is 0.333 e. The van der Waals surface area contributed by atoms with Crippen LogP contribution in [0.1, 0.15) is 41.6 Å². The smallest absolute Gasteiger partial charge is 0.269 e. The van der Waals surface area contributed by atoms with Crippen molar-refractivity contribution in [3.05, 3.63) is 35.4 Å². The van der Waals surface area contributed by atoms with Crippen LogP contribution in [0.3, 0.4) is 0 Å². The topological polar surface area (TPSA) is 78.5 Å². The molecule has 1 heterocycles. The Morgan fingerprint density at radius 3 is 2.58 bits per heavy atom. The second-order valence-electron chi connectivity index (χ2n) is 5.76. The van der Waals surface area contributed by atoms with Crippen molar-refractivity contribution in [3.8, 4) is 0 Å². The minimum atomic E-state index is -0.391. The minimum absolute atomic E-state index is 0.00152. The zero-order chi connectivity index (χ0) is 17.4. The number of rotatable bonds is 5. The van der Waals surface area contributed by atoms with Gasteiger partial charge in [0.05, 0.1) is 0 Å². The summed E-state index contributed by atoms with van der Waals surface area (Å²) in [4.78, 5) is 37.3. The number of benzene rings is 1. The molecule has 1 aromatic carbocycles. The molecular formula is C17H23N3O3S.